The number of aromatic nitrogens is 3. The molecule has 4 rings (SSSR count). The average Bonchev–Trinajstić information content (AvgIpc) is 1.67. The Morgan fingerprint density at radius 1 is 0.436 bits per heavy atom. The second-order valence-corrected chi connectivity index (χ2v) is 36.0. The molecule has 17 amide bonds. The molecule has 28 N–H and O–H groups in total. The van der Waals surface area contributed by atoms with Crippen LogP contribution in [0.25, 0.3) is 10.9 Å². The van der Waals surface area contributed by atoms with Gasteiger partial charge in [0.2, 0.25) is 100 Å². The van der Waals surface area contributed by atoms with Gasteiger partial charge in [-0.3, -0.25) is 81.5 Å². The first-order valence-corrected chi connectivity index (χ1v) is 47.6. The highest BCUT2D eigenvalue weighted by molar-refractivity contribution is 7.98. The number of imidazole rings is 1. The minimum absolute atomic E-state index is 0.00921. The van der Waals surface area contributed by atoms with Gasteiger partial charge in [-0.15, -0.1) is 0 Å². The van der Waals surface area contributed by atoms with Crippen LogP contribution in [0.5, 0.6) is 0 Å². The molecule has 0 spiro atoms. The second-order valence-electron chi connectivity index (χ2n) is 33.7. The average molecular weight is 1920 g/mol. The number of carboxylic acid groups (broad SMARTS) is 1. The third-order valence-electron chi connectivity index (χ3n) is 21.6. The summed E-state index contributed by atoms with van der Waals surface area (Å²) in [7, 11) is 0. The van der Waals surface area contributed by atoms with Gasteiger partial charge >= 0.3 is 5.97 Å². The lowest BCUT2D eigenvalue weighted by molar-refractivity contribution is -0.143. The number of carbonyl (C=O) groups is 18. The number of unbranched alkanes of at least 4 members (excludes halogenated alkanes) is 1. The molecule has 0 aliphatic heterocycles. The van der Waals surface area contributed by atoms with Gasteiger partial charge in [0.1, 0.15) is 90.6 Å². The second kappa shape index (κ2) is 59.2. The fourth-order valence-electron chi connectivity index (χ4n) is 13.7. The Hall–Kier alpha value is -11.5. The predicted octanol–water partition coefficient (Wildman–Crippen LogP) is -3.50. The van der Waals surface area contributed by atoms with Gasteiger partial charge in [-0.25, -0.2) is 9.78 Å². The molecular weight excluding hydrogens is 1790 g/mol. The van der Waals surface area contributed by atoms with Crippen molar-refractivity contribution in [3.05, 3.63) is 90.1 Å². The van der Waals surface area contributed by atoms with Crippen molar-refractivity contribution in [2.75, 3.05) is 49.5 Å². The van der Waals surface area contributed by atoms with Crippen molar-refractivity contribution in [1.29, 1.82) is 0 Å². The standard InChI is InChI=1S/C87H136N22O21S3/c1-12-48(8)71(86(128)99-58(26-28-69(91)113)76(118)102-63(80(122)106-66(42-111)87(129)130)37-51-39-93-55-23-17-16-22-53(51)55)109-82(124)64(38-52-40-92-44-94-52)103-79(121)62(36-50-20-14-13-15-21-50)104-85(127)70(47(6)7)108-81(123)61(35-46(4)5)100-72(114)49(9)95-83(125)65(41-110)105-78(120)60(34-45(2)3)101-77(119)59(30-33-133-11)98-84(126)67(43-131)107-74(116)56(24-18-19-31-88)97-75(117)57(25-27-68(90)112)96-73(115)54(89)29-32-132-10/h13-17,20-23,39-40,44-49,54,56-67,70-71,93,110-111,131H,12,18-19,24-38,41-43,88-89H2,1-11H3,(H2,90,112)(H2,91,113)(H,92,94)(H,95,125)(H,96,115)(H,97,117)(H,98,126)(H,99,128)(H,100,114)(H,101,119)(H,102,118)(H,103,121)(H,104,127)(H,105,120)(H,106,122)(H,107,116)(H,108,123)(H,109,124)(H,129,130)/t48-,49-,54-,56-,57-,58-,59-,60-,61-,62-,63-,64-,65-,66-,67-,70-,71-/m0/s1. The Morgan fingerprint density at radius 3 is 1.36 bits per heavy atom. The van der Waals surface area contributed by atoms with Crippen molar-refractivity contribution in [3.8, 4) is 0 Å². The fraction of sp³-hybridized carbons (Fsp3) is 0.598. The Balaban J connectivity index is 1.54. The summed E-state index contributed by atoms with van der Waals surface area (Å²) < 4.78 is 0. The summed E-state index contributed by atoms with van der Waals surface area (Å²) in [5, 5.41) is 69.5. The quantitative estimate of drug-likeness (QED) is 0.0151. The predicted molar refractivity (Wildman–Crippen MR) is 502 cm³/mol. The maximum Gasteiger partial charge on any atom is 0.328 e. The highest BCUT2D eigenvalue weighted by Gasteiger charge is 2.41. The van der Waals surface area contributed by atoms with Crippen LogP contribution in [0.15, 0.2) is 73.3 Å². The van der Waals surface area contributed by atoms with Crippen molar-refractivity contribution >= 4 is 153 Å². The van der Waals surface area contributed by atoms with E-state index in [9.17, 15) is 96.8 Å². The van der Waals surface area contributed by atoms with Crippen LogP contribution in [0.1, 0.15) is 156 Å². The molecule has 738 valence electrons. The maximum atomic E-state index is 15.0. The molecule has 46 heteroatoms. The molecule has 0 aliphatic rings. The number of nitrogens with zero attached hydrogens (tertiary/aromatic N) is 1. The van der Waals surface area contributed by atoms with E-state index in [4.69, 9.17) is 22.9 Å². The SMILES string of the molecule is CC[C@H](C)[C@H](NC(=O)[C@H](Cc1cnc[nH]1)NC(=O)[C@H](Cc1ccccc1)NC(=O)[C@@H](NC(=O)[C@H](CC(C)C)NC(=O)[C@H](C)NC(=O)[C@H](CO)NC(=O)[C@H](CC(C)C)NC(=O)[C@H](CCSC)NC(=O)[C@H](CS)NC(=O)[C@H](CCCCN)NC(=O)[C@H](CCC(N)=O)NC(=O)[C@@H](N)CCSC)C(C)C)C(=O)N[C@@H](CCC(N)=O)C(=O)N[C@@H](Cc1c[nH]c2ccccc12)C(=O)N[C@@H](CO)C(=O)O. The zero-order valence-corrected chi connectivity index (χ0v) is 79.6. The van der Waals surface area contributed by atoms with Crippen LogP contribution >= 0.6 is 36.2 Å². The number of H-pyrrole nitrogens is 2. The van der Waals surface area contributed by atoms with Gasteiger partial charge in [-0.2, -0.15) is 36.2 Å². The summed E-state index contributed by atoms with van der Waals surface area (Å²) in [5.41, 5.74) is 24.7. The number of nitrogens with one attached hydrogen (secondary N) is 17. The van der Waals surface area contributed by atoms with Crippen LogP contribution in [-0.2, 0) is 106 Å². The molecule has 2 aromatic heterocycles. The number of hydrogen-bond acceptors (Lipinski definition) is 26. The lowest BCUT2D eigenvalue weighted by atomic mass is 9.96. The van der Waals surface area contributed by atoms with Gasteiger partial charge in [0.05, 0.1) is 25.6 Å². The summed E-state index contributed by atoms with van der Waals surface area (Å²) in [6.45, 7) is 12.9. The van der Waals surface area contributed by atoms with E-state index < -0.39 is 241 Å². The number of aromatic amines is 2. The normalized spacial score (nSPS) is 15.2. The topological polar surface area (TPSA) is 697 Å². The molecule has 4 aromatic rings. The van der Waals surface area contributed by atoms with Crippen molar-refractivity contribution in [2.45, 2.75) is 255 Å². The number of carboxylic acids is 1. The number of aliphatic carboxylic acids is 1. The molecule has 2 aromatic carbocycles. The van der Waals surface area contributed by atoms with E-state index in [1.54, 1.807) is 122 Å². The molecule has 0 saturated carbocycles. The number of carbonyl (C=O) groups excluding carboxylic acids is 17. The molecule has 0 saturated heterocycles. The van der Waals surface area contributed by atoms with Crippen molar-refractivity contribution in [2.24, 2.45) is 46.6 Å². The molecule has 133 heavy (non-hydrogen) atoms. The molecular formula is C87H136N22O21S3. The van der Waals surface area contributed by atoms with Crippen molar-refractivity contribution in [1.82, 2.24) is 94.7 Å². The van der Waals surface area contributed by atoms with Crippen LogP contribution in [0, 0.1) is 23.7 Å². The highest BCUT2D eigenvalue weighted by Crippen LogP contribution is 2.22. The summed E-state index contributed by atoms with van der Waals surface area (Å²) in [4.78, 5) is 261. The van der Waals surface area contributed by atoms with Gasteiger partial charge in [0.15, 0.2) is 0 Å². The highest BCUT2D eigenvalue weighted by atomic mass is 32.2. The first-order chi connectivity index (χ1) is 63.0. The molecule has 0 aliphatic carbocycles. The fourth-order valence-corrected chi connectivity index (χ4v) is 15.0. The summed E-state index contributed by atoms with van der Waals surface area (Å²) in [5.74, 6) is -18.6. The van der Waals surface area contributed by atoms with Crippen LogP contribution in [0.3, 0.4) is 0 Å². The number of amides is 17. The van der Waals surface area contributed by atoms with Crippen molar-refractivity contribution < 1.29 is 102 Å². The van der Waals surface area contributed by atoms with E-state index in [2.05, 4.69) is 107 Å². The lowest BCUT2D eigenvalue weighted by Gasteiger charge is -2.30. The van der Waals surface area contributed by atoms with Crippen LogP contribution < -0.4 is 103 Å². The number of hydrogen-bond donors (Lipinski definition) is 25. The number of benzene rings is 2. The summed E-state index contributed by atoms with van der Waals surface area (Å²) in [6.07, 6.45) is 6.77. The smallest absolute Gasteiger partial charge is 0.328 e. The number of thioether (sulfide) groups is 2. The number of aliphatic hydroxyl groups excluding tert-OH is 2. The number of para-hydroxylation sites is 1. The number of rotatable bonds is 63. The zero-order valence-electron chi connectivity index (χ0n) is 77.0. The maximum absolute atomic E-state index is 15.0. The van der Waals surface area contributed by atoms with Gasteiger partial charge in [0.25, 0.3) is 0 Å². The minimum atomic E-state index is -1.79. The van der Waals surface area contributed by atoms with E-state index in [-0.39, 0.29) is 101 Å². The Bertz CT molecular complexity index is 4510. The first kappa shape index (κ1) is 114. The molecule has 0 unspecified atom stereocenters. The Morgan fingerprint density at radius 2 is 0.850 bits per heavy atom. The molecule has 0 fully saturated rings. The number of fused-ring (bicyclic) bond motifs is 1. The van der Waals surface area contributed by atoms with Crippen LogP contribution in [0.4, 0.5) is 0 Å². The van der Waals surface area contributed by atoms with Crippen molar-refractivity contribution in [3.63, 3.8) is 0 Å². The molecule has 2 heterocycles. The number of thiol groups is 1. The number of nitrogens with two attached hydrogens (primary N) is 4. The van der Waals surface area contributed by atoms with Gasteiger partial charge < -0.3 is 128 Å². The first-order valence-electron chi connectivity index (χ1n) is 44.2. The lowest BCUT2D eigenvalue weighted by Crippen LogP contribution is -2.62. The van der Waals surface area contributed by atoms with E-state index in [0.717, 1.165) is 0 Å². The van der Waals surface area contributed by atoms with E-state index in [0.29, 0.717) is 46.3 Å². The third kappa shape index (κ3) is 39.7. The molecule has 43 nitrogen and oxygen atoms in total. The molecule has 0 bridgehead atoms. The summed E-state index contributed by atoms with van der Waals surface area (Å²) >= 11 is 7.09. The van der Waals surface area contributed by atoms with Crippen LogP contribution in [-0.4, -0.2) is 283 Å². The Kier molecular flexibility index (Phi) is 50.7. The summed E-state index contributed by atoms with van der Waals surface area (Å²) in [6, 6.07) is -8.15. The van der Waals surface area contributed by atoms with Gasteiger partial charge in [0, 0.05) is 66.8 Å². The third-order valence-corrected chi connectivity index (χ3v) is 23.2. The minimum Gasteiger partial charge on any atom is -0.480 e. The van der Waals surface area contributed by atoms with Gasteiger partial charge in [-0.05, 0) is 136 Å². The van der Waals surface area contributed by atoms with Crippen LogP contribution in [0.2, 0.25) is 0 Å². The van der Waals surface area contributed by atoms with E-state index in [1.807, 2.05) is 6.26 Å². The monoisotopic (exact) mass is 1920 g/mol. The van der Waals surface area contributed by atoms with E-state index in [1.165, 1.54) is 43.0 Å². The number of aliphatic hydroxyl groups is 2. The zero-order chi connectivity index (χ0) is 99.3. The largest absolute Gasteiger partial charge is 0.480 e. The Labute approximate surface area is 787 Å². The molecule has 17 atom stereocenters. The molecule has 0 radical (unpaired) electrons. The van der Waals surface area contributed by atoms with E-state index >= 15 is 4.79 Å². The number of primary amides is 2. The van der Waals surface area contributed by atoms with Gasteiger partial charge in [-0.1, -0.05) is 110 Å².